The molecule has 0 fully saturated rings. The molecule has 24 heavy (non-hydrogen) atoms. The predicted octanol–water partition coefficient (Wildman–Crippen LogP) is 4.37. The second kappa shape index (κ2) is 6.84. The normalized spacial score (nSPS) is 10.4. The van der Waals surface area contributed by atoms with Gasteiger partial charge in [0.25, 0.3) is 11.5 Å². The topological polar surface area (TPSA) is 62.0 Å². The van der Waals surface area contributed by atoms with Crippen molar-refractivity contribution in [1.82, 2.24) is 4.98 Å². The number of aromatic nitrogens is 1. The first kappa shape index (κ1) is 16.2. The fourth-order valence-corrected chi connectivity index (χ4v) is 2.81. The Hall–Kier alpha value is -2.66. The van der Waals surface area contributed by atoms with Gasteiger partial charge < -0.3 is 10.3 Å². The first-order valence-corrected chi connectivity index (χ1v) is 8.20. The minimum absolute atomic E-state index is 0.0976. The van der Waals surface area contributed by atoms with Gasteiger partial charge in [0.15, 0.2) is 0 Å². The van der Waals surface area contributed by atoms with Gasteiger partial charge in [0, 0.05) is 21.9 Å². The predicted molar refractivity (Wildman–Crippen MR) is 99.3 cm³/mol. The summed E-state index contributed by atoms with van der Waals surface area (Å²) in [7, 11) is 0. The third-order valence-corrected chi connectivity index (χ3v) is 4.56. The van der Waals surface area contributed by atoms with E-state index < -0.39 is 11.5 Å². The average Bonchev–Trinajstić information content (AvgIpc) is 2.58. The molecule has 1 heterocycles. The number of hydrogen-bond donors (Lipinski definition) is 2. The maximum Gasteiger partial charge on any atom is 0.261 e. The number of nitrogens with one attached hydrogen (secondary N) is 2. The van der Waals surface area contributed by atoms with E-state index >= 15 is 0 Å². The van der Waals surface area contributed by atoms with Crippen LogP contribution in [0.25, 0.3) is 11.1 Å². The van der Waals surface area contributed by atoms with Gasteiger partial charge in [-0.1, -0.05) is 52.3 Å². The Labute approximate surface area is 147 Å². The molecule has 0 spiro atoms. The lowest BCUT2D eigenvalue weighted by Gasteiger charge is -2.10. The molecule has 0 aliphatic carbocycles. The van der Waals surface area contributed by atoms with E-state index in [1.807, 2.05) is 49.4 Å². The van der Waals surface area contributed by atoms with Crippen LogP contribution in [-0.4, -0.2) is 10.9 Å². The summed E-state index contributed by atoms with van der Waals surface area (Å²) in [6, 6.07) is 16.6. The Morgan fingerprint density at radius 1 is 1.08 bits per heavy atom. The fraction of sp³-hybridized carbons (Fsp3) is 0.0526. The van der Waals surface area contributed by atoms with Gasteiger partial charge in [-0.25, -0.2) is 0 Å². The van der Waals surface area contributed by atoms with E-state index in [1.165, 1.54) is 0 Å². The molecular weight excluding hydrogens is 368 g/mol. The van der Waals surface area contributed by atoms with Gasteiger partial charge in [0.2, 0.25) is 0 Å². The van der Waals surface area contributed by atoms with Crippen LogP contribution in [-0.2, 0) is 0 Å². The van der Waals surface area contributed by atoms with Crippen LogP contribution < -0.4 is 10.9 Å². The summed E-state index contributed by atoms with van der Waals surface area (Å²) in [6.45, 7) is 1.96. The van der Waals surface area contributed by atoms with E-state index in [1.54, 1.807) is 18.3 Å². The number of pyridine rings is 1. The van der Waals surface area contributed by atoms with Gasteiger partial charge in [0.1, 0.15) is 5.56 Å². The number of rotatable bonds is 3. The molecule has 0 unspecified atom stereocenters. The quantitative estimate of drug-likeness (QED) is 0.706. The number of halogens is 1. The molecule has 1 amide bonds. The van der Waals surface area contributed by atoms with Crippen molar-refractivity contribution in [3.8, 4) is 11.1 Å². The number of hydrogen-bond acceptors (Lipinski definition) is 2. The molecule has 0 aliphatic rings. The van der Waals surface area contributed by atoms with Crippen LogP contribution in [0, 0.1) is 6.92 Å². The molecule has 0 atom stereocenters. The van der Waals surface area contributed by atoms with E-state index in [0.717, 1.165) is 15.6 Å². The van der Waals surface area contributed by atoms with Gasteiger partial charge in [-0.2, -0.15) is 0 Å². The van der Waals surface area contributed by atoms with Crippen molar-refractivity contribution in [1.29, 1.82) is 0 Å². The van der Waals surface area contributed by atoms with E-state index in [-0.39, 0.29) is 5.56 Å². The Balaban J connectivity index is 2.01. The number of anilines is 1. The van der Waals surface area contributed by atoms with Crippen LogP contribution in [0.4, 0.5) is 5.69 Å². The summed E-state index contributed by atoms with van der Waals surface area (Å²) in [5.41, 5.74) is 2.79. The summed E-state index contributed by atoms with van der Waals surface area (Å²) >= 11 is 3.44. The summed E-state index contributed by atoms with van der Waals surface area (Å²) in [4.78, 5) is 27.5. The average molecular weight is 383 g/mol. The number of carbonyl (C=O) groups is 1. The molecule has 3 rings (SSSR count). The number of benzene rings is 2. The monoisotopic (exact) mass is 382 g/mol. The smallest absolute Gasteiger partial charge is 0.261 e. The van der Waals surface area contributed by atoms with E-state index in [0.29, 0.717) is 11.3 Å². The standard InChI is InChI=1S/C19H15BrN2O2/c1-12-7-8-14(11-16(12)20)22-19(24)17-15(9-10-21-18(17)23)13-5-3-2-4-6-13/h2-11H,1H3,(H,21,23)(H,22,24). The van der Waals surface area contributed by atoms with Gasteiger partial charge >= 0.3 is 0 Å². The zero-order valence-electron chi connectivity index (χ0n) is 13.0. The molecule has 0 radical (unpaired) electrons. The molecule has 1 aromatic heterocycles. The Bertz CT molecular complexity index is 949. The Morgan fingerprint density at radius 3 is 2.54 bits per heavy atom. The molecule has 5 heteroatoms. The lowest BCUT2D eigenvalue weighted by atomic mass is 10.0. The molecule has 0 bridgehead atoms. The van der Waals surface area contributed by atoms with Crippen LogP contribution in [0.3, 0.4) is 0 Å². The van der Waals surface area contributed by atoms with Gasteiger partial charge in [0.05, 0.1) is 0 Å². The van der Waals surface area contributed by atoms with Crippen molar-refractivity contribution < 1.29 is 4.79 Å². The molecule has 2 N–H and O–H groups in total. The largest absolute Gasteiger partial charge is 0.328 e. The first-order valence-electron chi connectivity index (χ1n) is 7.41. The van der Waals surface area contributed by atoms with Gasteiger partial charge in [-0.05, 0) is 36.2 Å². The summed E-state index contributed by atoms with van der Waals surface area (Å²) in [5.74, 6) is -0.438. The van der Waals surface area contributed by atoms with Crippen LogP contribution in [0.1, 0.15) is 15.9 Å². The molecule has 3 aromatic rings. The SMILES string of the molecule is Cc1ccc(NC(=O)c2c(-c3ccccc3)cc[nH]c2=O)cc1Br. The maximum absolute atomic E-state index is 12.7. The van der Waals surface area contributed by atoms with Gasteiger partial charge in [-0.3, -0.25) is 9.59 Å². The highest BCUT2D eigenvalue weighted by atomic mass is 79.9. The Kier molecular flexibility index (Phi) is 4.62. The molecule has 120 valence electrons. The molecule has 4 nitrogen and oxygen atoms in total. The number of amides is 1. The van der Waals surface area contributed by atoms with Crippen molar-refractivity contribution >= 4 is 27.5 Å². The number of aromatic amines is 1. The summed E-state index contributed by atoms with van der Waals surface area (Å²) in [5, 5.41) is 2.79. The fourth-order valence-electron chi connectivity index (χ4n) is 2.43. The Morgan fingerprint density at radius 2 is 1.83 bits per heavy atom. The molecule has 0 saturated heterocycles. The third kappa shape index (κ3) is 3.31. The highest BCUT2D eigenvalue weighted by Gasteiger charge is 2.17. The summed E-state index contributed by atoms with van der Waals surface area (Å²) in [6.07, 6.45) is 1.55. The third-order valence-electron chi connectivity index (χ3n) is 3.70. The van der Waals surface area contributed by atoms with Crippen LogP contribution >= 0.6 is 15.9 Å². The first-order chi connectivity index (χ1) is 11.6. The van der Waals surface area contributed by atoms with E-state index in [2.05, 4.69) is 26.2 Å². The van der Waals surface area contributed by atoms with Crippen molar-refractivity contribution in [3.63, 3.8) is 0 Å². The highest BCUT2D eigenvalue weighted by molar-refractivity contribution is 9.10. The maximum atomic E-state index is 12.7. The van der Waals surface area contributed by atoms with Crippen LogP contribution in [0.15, 0.2) is 70.1 Å². The van der Waals surface area contributed by atoms with Crippen molar-refractivity contribution in [2.75, 3.05) is 5.32 Å². The molecule has 0 saturated carbocycles. The minimum atomic E-state index is -0.438. The van der Waals surface area contributed by atoms with Crippen LogP contribution in [0.5, 0.6) is 0 Å². The highest BCUT2D eigenvalue weighted by Crippen LogP contribution is 2.23. The molecule has 0 aliphatic heterocycles. The lowest BCUT2D eigenvalue weighted by Crippen LogP contribution is -2.24. The second-order valence-electron chi connectivity index (χ2n) is 5.38. The van der Waals surface area contributed by atoms with E-state index in [4.69, 9.17) is 0 Å². The minimum Gasteiger partial charge on any atom is -0.328 e. The van der Waals surface area contributed by atoms with Crippen molar-refractivity contribution in [2.45, 2.75) is 6.92 Å². The van der Waals surface area contributed by atoms with Crippen LogP contribution in [0.2, 0.25) is 0 Å². The molecule has 2 aromatic carbocycles. The number of aryl methyl sites for hydroxylation is 1. The van der Waals surface area contributed by atoms with Crippen molar-refractivity contribution in [2.24, 2.45) is 0 Å². The zero-order chi connectivity index (χ0) is 17.1. The van der Waals surface area contributed by atoms with E-state index in [9.17, 15) is 9.59 Å². The number of H-pyrrole nitrogens is 1. The molecular formula is C19H15BrN2O2. The lowest BCUT2D eigenvalue weighted by molar-refractivity contribution is 0.102. The van der Waals surface area contributed by atoms with Crippen molar-refractivity contribution in [3.05, 3.63) is 86.7 Å². The summed E-state index contributed by atoms with van der Waals surface area (Å²) < 4.78 is 0.894. The second-order valence-corrected chi connectivity index (χ2v) is 6.23. The zero-order valence-corrected chi connectivity index (χ0v) is 14.6. The number of carbonyl (C=O) groups excluding carboxylic acids is 1. The van der Waals surface area contributed by atoms with Gasteiger partial charge in [-0.15, -0.1) is 0 Å².